The maximum atomic E-state index is 13.0. The Morgan fingerprint density at radius 2 is 1.92 bits per heavy atom. The van der Waals surface area contributed by atoms with Crippen molar-refractivity contribution in [2.75, 3.05) is 11.9 Å². The Morgan fingerprint density at radius 3 is 2.62 bits per heavy atom. The molecule has 1 aliphatic rings. The van der Waals surface area contributed by atoms with E-state index < -0.39 is 16.1 Å². The summed E-state index contributed by atoms with van der Waals surface area (Å²) in [6.07, 6.45) is 2.04. The molecule has 138 valence electrons. The van der Waals surface area contributed by atoms with Crippen molar-refractivity contribution < 1.29 is 13.2 Å². The lowest BCUT2D eigenvalue weighted by Gasteiger charge is -2.33. The van der Waals surface area contributed by atoms with Crippen LogP contribution in [0.1, 0.15) is 25.0 Å². The third kappa shape index (κ3) is 4.13. The van der Waals surface area contributed by atoms with Crippen LogP contribution in [0.15, 0.2) is 51.8 Å². The fourth-order valence-electron chi connectivity index (χ4n) is 3.02. The number of carbonyl (C=O) groups excluding carboxylic acids is 1. The molecule has 1 N–H and O–H groups in total. The molecule has 0 bridgehead atoms. The highest BCUT2D eigenvalue weighted by Crippen LogP contribution is 2.27. The third-order valence-corrected chi connectivity index (χ3v) is 6.77. The summed E-state index contributed by atoms with van der Waals surface area (Å²) in [6, 6.07) is 11.1. The lowest BCUT2D eigenvalue weighted by Crippen LogP contribution is -2.49. The number of benzene rings is 1. The zero-order valence-corrected chi connectivity index (χ0v) is 16.8. The van der Waals surface area contributed by atoms with E-state index in [-0.39, 0.29) is 10.8 Å². The second-order valence-electron chi connectivity index (χ2n) is 6.23. The van der Waals surface area contributed by atoms with Crippen LogP contribution in [0.3, 0.4) is 0 Å². The van der Waals surface area contributed by atoms with Crippen LogP contribution in [-0.4, -0.2) is 36.2 Å². The molecular weight excluding hydrogens is 418 g/mol. The van der Waals surface area contributed by atoms with Crippen molar-refractivity contribution in [3.63, 3.8) is 0 Å². The second-order valence-corrected chi connectivity index (χ2v) is 9.04. The van der Waals surface area contributed by atoms with Gasteiger partial charge in [0.05, 0.1) is 4.90 Å². The van der Waals surface area contributed by atoms with Gasteiger partial charge in [0.2, 0.25) is 15.9 Å². The number of nitrogens with one attached hydrogen (secondary N) is 1. The van der Waals surface area contributed by atoms with Gasteiger partial charge < -0.3 is 5.32 Å². The van der Waals surface area contributed by atoms with Crippen LogP contribution >= 0.6 is 15.9 Å². The first-order valence-electron chi connectivity index (χ1n) is 8.40. The molecule has 1 aromatic carbocycles. The molecule has 1 unspecified atom stereocenters. The number of amides is 1. The zero-order valence-electron chi connectivity index (χ0n) is 14.4. The van der Waals surface area contributed by atoms with Crippen LogP contribution in [0.5, 0.6) is 0 Å². The van der Waals surface area contributed by atoms with Gasteiger partial charge in [-0.3, -0.25) is 4.79 Å². The average Bonchev–Trinajstić information content (AvgIpc) is 2.62. The first-order chi connectivity index (χ1) is 12.4. The van der Waals surface area contributed by atoms with Crippen LogP contribution < -0.4 is 5.32 Å². The zero-order chi connectivity index (χ0) is 18.7. The Labute approximate surface area is 161 Å². The summed E-state index contributed by atoms with van der Waals surface area (Å²) in [5.74, 6) is 0.0880. The van der Waals surface area contributed by atoms with Crippen LogP contribution in [0, 0.1) is 6.92 Å². The lowest BCUT2D eigenvalue weighted by molar-refractivity contribution is -0.120. The number of carbonyl (C=O) groups is 1. The van der Waals surface area contributed by atoms with Crippen LogP contribution in [0.4, 0.5) is 5.82 Å². The standard InChI is InChI=1S/C18H20BrN3O3S/c1-13-5-4-7-17(20-13)21-18(23)16-6-2-3-12-22(16)26(24,25)15-10-8-14(19)9-11-15/h4-5,7-11,16H,2-3,6,12H2,1H3,(H,20,21,23). The SMILES string of the molecule is Cc1cccc(NC(=O)C2CCCCN2S(=O)(=O)c2ccc(Br)cc2)n1. The fraction of sp³-hybridized carbons (Fsp3) is 0.333. The monoisotopic (exact) mass is 437 g/mol. The predicted octanol–water partition coefficient (Wildman–Crippen LogP) is 3.33. The first kappa shape index (κ1) is 19.0. The minimum absolute atomic E-state index is 0.189. The van der Waals surface area contributed by atoms with E-state index in [0.29, 0.717) is 18.8 Å². The van der Waals surface area contributed by atoms with Crippen molar-refractivity contribution in [1.82, 2.24) is 9.29 Å². The van der Waals surface area contributed by atoms with Gasteiger partial charge in [0.25, 0.3) is 0 Å². The molecule has 2 aromatic rings. The maximum Gasteiger partial charge on any atom is 0.243 e. The highest BCUT2D eigenvalue weighted by atomic mass is 79.9. The Hall–Kier alpha value is -1.77. The summed E-state index contributed by atoms with van der Waals surface area (Å²) < 4.78 is 28.2. The number of halogens is 1. The molecule has 26 heavy (non-hydrogen) atoms. The minimum atomic E-state index is -3.74. The Balaban J connectivity index is 1.85. The molecule has 1 fully saturated rings. The van der Waals surface area contributed by atoms with Crippen molar-refractivity contribution in [1.29, 1.82) is 0 Å². The van der Waals surface area contributed by atoms with E-state index in [1.165, 1.54) is 4.31 Å². The molecular formula is C18H20BrN3O3S. The van der Waals surface area contributed by atoms with E-state index in [1.54, 1.807) is 36.4 Å². The van der Waals surface area contributed by atoms with Gasteiger partial charge in [-0.25, -0.2) is 13.4 Å². The molecule has 1 aliphatic heterocycles. The number of anilines is 1. The van der Waals surface area contributed by atoms with Gasteiger partial charge in [0.15, 0.2) is 0 Å². The van der Waals surface area contributed by atoms with E-state index in [4.69, 9.17) is 0 Å². The molecule has 2 heterocycles. The fourth-order valence-corrected chi connectivity index (χ4v) is 4.94. The smallest absolute Gasteiger partial charge is 0.243 e. The summed E-state index contributed by atoms with van der Waals surface area (Å²) in [5.41, 5.74) is 0.783. The van der Waals surface area contributed by atoms with E-state index >= 15 is 0 Å². The number of nitrogens with zero attached hydrogens (tertiary/aromatic N) is 2. The van der Waals surface area contributed by atoms with Gasteiger partial charge in [0, 0.05) is 16.7 Å². The quantitative estimate of drug-likeness (QED) is 0.794. The maximum absolute atomic E-state index is 13.0. The van der Waals surface area contributed by atoms with Gasteiger partial charge in [-0.1, -0.05) is 28.4 Å². The summed E-state index contributed by atoms with van der Waals surface area (Å²) >= 11 is 3.31. The highest BCUT2D eigenvalue weighted by molar-refractivity contribution is 9.10. The lowest BCUT2D eigenvalue weighted by atomic mass is 10.0. The molecule has 1 amide bonds. The number of piperidine rings is 1. The highest BCUT2D eigenvalue weighted by Gasteiger charge is 2.37. The molecule has 0 spiro atoms. The van der Waals surface area contributed by atoms with Crippen molar-refractivity contribution in [3.8, 4) is 0 Å². The molecule has 1 atom stereocenters. The molecule has 6 nitrogen and oxygen atoms in total. The van der Waals surface area contributed by atoms with Gasteiger partial charge in [0.1, 0.15) is 11.9 Å². The van der Waals surface area contributed by atoms with E-state index in [1.807, 2.05) is 13.0 Å². The van der Waals surface area contributed by atoms with Crippen molar-refractivity contribution >= 4 is 37.7 Å². The molecule has 8 heteroatoms. The number of aryl methyl sites for hydroxylation is 1. The summed E-state index contributed by atoms with van der Waals surface area (Å²) in [6.45, 7) is 2.16. The van der Waals surface area contributed by atoms with Gasteiger partial charge >= 0.3 is 0 Å². The molecule has 3 rings (SSSR count). The van der Waals surface area contributed by atoms with Gasteiger partial charge in [-0.2, -0.15) is 4.31 Å². The van der Waals surface area contributed by atoms with Crippen molar-refractivity contribution in [2.45, 2.75) is 37.1 Å². The van der Waals surface area contributed by atoms with Gasteiger partial charge in [-0.05, 0) is 56.2 Å². The van der Waals surface area contributed by atoms with Crippen LogP contribution in [0.2, 0.25) is 0 Å². The summed E-state index contributed by atoms with van der Waals surface area (Å²) in [4.78, 5) is 17.2. The Morgan fingerprint density at radius 1 is 1.19 bits per heavy atom. The number of sulfonamides is 1. The Kier molecular flexibility index (Phi) is 5.74. The number of pyridine rings is 1. The largest absolute Gasteiger partial charge is 0.309 e. The normalized spacial score (nSPS) is 18.5. The number of hydrogen-bond donors (Lipinski definition) is 1. The Bertz CT molecular complexity index is 900. The van der Waals surface area contributed by atoms with Crippen molar-refractivity contribution in [2.24, 2.45) is 0 Å². The predicted molar refractivity (Wildman–Crippen MR) is 103 cm³/mol. The second kappa shape index (κ2) is 7.85. The number of hydrogen-bond acceptors (Lipinski definition) is 4. The molecule has 0 saturated carbocycles. The summed E-state index contributed by atoms with van der Waals surface area (Å²) in [7, 11) is -3.74. The van der Waals surface area contributed by atoms with Gasteiger partial charge in [-0.15, -0.1) is 0 Å². The minimum Gasteiger partial charge on any atom is -0.309 e. The van der Waals surface area contributed by atoms with E-state index in [0.717, 1.165) is 23.0 Å². The van der Waals surface area contributed by atoms with Crippen molar-refractivity contribution in [3.05, 3.63) is 52.6 Å². The number of rotatable bonds is 4. The van der Waals surface area contributed by atoms with E-state index in [2.05, 4.69) is 26.2 Å². The average molecular weight is 438 g/mol. The summed E-state index contributed by atoms with van der Waals surface area (Å²) in [5, 5.41) is 2.75. The number of aromatic nitrogens is 1. The molecule has 0 aliphatic carbocycles. The third-order valence-electron chi connectivity index (χ3n) is 4.32. The molecule has 0 radical (unpaired) electrons. The van der Waals surface area contributed by atoms with Crippen LogP contribution in [-0.2, 0) is 14.8 Å². The topological polar surface area (TPSA) is 79.4 Å². The van der Waals surface area contributed by atoms with Crippen LogP contribution in [0.25, 0.3) is 0 Å². The molecule has 1 saturated heterocycles. The molecule has 1 aromatic heterocycles. The van der Waals surface area contributed by atoms with E-state index in [9.17, 15) is 13.2 Å². The first-order valence-corrected chi connectivity index (χ1v) is 10.6.